The predicted molar refractivity (Wildman–Crippen MR) is 134 cm³/mol. The monoisotopic (exact) mass is 469 g/mol. The fourth-order valence-electron chi connectivity index (χ4n) is 4.30. The van der Waals surface area contributed by atoms with Crippen LogP contribution in [0.25, 0.3) is 27.6 Å². The van der Waals surface area contributed by atoms with Gasteiger partial charge in [-0.25, -0.2) is 9.78 Å². The normalized spacial score (nSPS) is 11.2. The third-order valence-electron chi connectivity index (χ3n) is 5.91. The van der Waals surface area contributed by atoms with E-state index in [2.05, 4.69) is 4.98 Å². The Labute approximate surface area is 200 Å². The molecule has 2 aromatic carbocycles. The van der Waals surface area contributed by atoms with E-state index in [0.717, 1.165) is 16.3 Å². The van der Waals surface area contributed by atoms with Crippen LogP contribution in [0, 0.1) is 6.92 Å². The molecule has 0 saturated heterocycles. The van der Waals surface area contributed by atoms with Gasteiger partial charge in [0.25, 0.3) is 0 Å². The van der Waals surface area contributed by atoms with Crippen molar-refractivity contribution in [2.75, 3.05) is 18.6 Å². The van der Waals surface area contributed by atoms with Gasteiger partial charge in [0, 0.05) is 31.1 Å². The number of nitrogens with zero attached hydrogens (tertiary/aromatic N) is 3. The number of aryl methyl sites for hydroxylation is 1. The van der Waals surface area contributed by atoms with Crippen molar-refractivity contribution in [2.45, 2.75) is 13.8 Å². The van der Waals surface area contributed by atoms with Crippen molar-refractivity contribution in [3.63, 3.8) is 0 Å². The number of benzene rings is 2. The van der Waals surface area contributed by atoms with Crippen LogP contribution in [0.2, 0.25) is 0 Å². The molecule has 1 N–H and O–H groups in total. The zero-order valence-electron chi connectivity index (χ0n) is 19.5. The maximum absolute atomic E-state index is 13.2. The van der Waals surface area contributed by atoms with E-state index < -0.39 is 5.97 Å². The Morgan fingerprint density at radius 1 is 1.09 bits per heavy atom. The highest BCUT2D eigenvalue weighted by molar-refractivity contribution is 5.97. The fraction of sp³-hybridized carbons (Fsp3) is 0.148. The van der Waals surface area contributed by atoms with Gasteiger partial charge < -0.3 is 19.2 Å². The van der Waals surface area contributed by atoms with Gasteiger partial charge in [-0.15, -0.1) is 0 Å². The van der Waals surface area contributed by atoms with Gasteiger partial charge in [-0.05, 0) is 48.4 Å². The van der Waals surface area contributed by atoms with Crippen molar-refractivity contribution in [3.05, 3.63) is 88.5 Å². The lowest BCUT2D eigenvalue weighted by atomic mass is 10.1. The molecule has 0 spiro atoms. The van der Waals surface area contributed by atoms with Crippen LogP contribution in [0.4, 0.5) is 11.4 Å². The van der Waals surface area contributed by atoms with Crippen molar-refractivity contribution in [1.82, 2.24) is 9.55 Å². The molecule has 0 radical (unpaired) electrons. The smallest absolute Gasteiger partial charge is 0.356 e. The number of ether oxygens (including phenoxy) is 1. The highest BCUT2D eigenvalue weighted by Crippen LogP contribution is 2.35. The number of methoxy groups -OCH3 is 1. The van der Waals surface area contributed by atoms with Gasteiger partial charge in [0.2, 0.25) is 11.8 Å². The Kier molecular flexibility index (Phi) is 5.49. The van der Waals surface area contributed by atoms with Crippen LogP contribution in [0.5, 0.6) is 5.88 Å². The predicted octanol–water partition coefficient (Wildman–Crippen LogP) is 5.31. The van der Waals surface area contributed by atoms with Crippen molar-refractivity contribution in [3.8, 4) is 11.8 Å². The topological polar surface area (TPSA) is 97.8 Å². The number of fused-ring (bicyclic) bond motifs is 2. The molecule has 8 heteroatoms. The molecule has 35 heavy (non-hydrogen) atoms. The first-order valence-electron chi connectivity index (χ1n) is 11.1. The summed E-state index contributed by atoms with van der Waals surface area (Å²) in [6.07, 6.45) is 3.81. The summed E-state index contributed by atoms with van der Waals surface area (Å²) in [6, 6.07) is 16.3. The molecule has 0 atom stereocenters. The molecule has 0 fully saturated rings. The molecule has 3 aromatic heterocycles. The average Bonchev–Trinajstić information content (AvgIpc) is 3.29. The number of carbonyl (C=O) groups is 1. The number of carboxylic acid groups (broad SMARTS) is 1. The molecule has 5 aromatic rings. The summed E-state index contributed by atoms with van der Waals surface area (Å²) in [4.78, 5) is 31.1. The molecule has 5 rings (SSSR count). The van der Waals surface area contributed by atoms with Gasteiger partial charge in [-0.2, -0.15) is 0 Å². The van der Waals surface area contributed by atoms with Gasteiger partial charge in [-0.1, -0.05) is 24.3 Å². The molecular formula is C27H23N3O5. The number of aromatic carboxylic acids is 1. The third kappa shape index (κ3) is 3.89. The zero-order chi connectivity index (χ0) is 24.7. The second-order valence-electron chi connectivity index (χ2n) is 8.17. The first kappa shape index (κ1) is 22.2. The maximum Gasteiger partial charge on any atom is 0.356 e. The van der Waals surface area contributed by atoms with Gasteiger partial charge in [0.15, 0.2) is 16.7 Å². The molecule has 0 saturated carbocycles. The molecule has 0 bridgehead atoms. The molecule has 8 nitrogen and oxygen atoms in total. The molecule has 0 amide bonds. The minimum atomic E-state index is -1.18. The van der Waals surface area contributed by atoms with Crippen molar-refractivity contribution in [1.29, 1.82) is 0 Å². The highest BCUT2D eigenvalue weighted by atomic mass is 16.5. The summed E-state index contributed by atoms with van der Waals surface area (Å²) >= 11 is 0. The lowest BCUT2D eigenvalue weighted by Crippen LogP contribution is -2.21. The van der Waals surface area contributed by atoms with Gasteiger partial charge >= 0.3 is 5.97 Å². The van der Waals surface area contributed by atoms with E-state index in [9.17, 15) is 14.7 Å². The summed E-state index contributed by atoms with van der Waals surface area (Å²) in [5.41, 5.74) is 1.81. The van der Waals surface area contributed by atoms with Crippen LogP contribution in [0.15, 0.2) is 76.2 Å². The van der Waals surface area contributed by atoms with Crippen LogP contribution in [0.1, 0.15) is 23.0 Å². The molecule has 176 valence electrons. The number of carboxylic acids is 1. The molecule has 0 aliphatic rings. The number of aromatic nitrogens is 2. The molecule has 0 unspecified atom stereocenters. The summed E-state index contributed by atoms with van der Waals surface area (Å²) < 4.78 is 13.2. The number of pyridine rings is 1. The van der Waals surface area contributed by atoms with Crippen LogP contribution in [0.3, 0.4) is 0 Å². The van der Waals surface area contributed by atoms with Crippen LogP contribution in [-0.2, 0) is 0 Å². The van der Waals surface area contributed by atoms with Crippen molar-refractivity contribution < 1.29 is 19.1 Å². The number of rotatable bonds is 6. The summed E-state index contributed by atoms with van der Waals surface area (Å²) in [6.45, 7) is 4.19. The van der Waals surface area contributed by atoms with E-state index in [1.54, 1.807) is 27.7 Å². The third-order valence-corrected chi connectivity index (χ3v) is 5.91. The second kappa shape index (κ2) is 8.64. The maximum atomic E-state index is 13.2. The summed E-state index contributed by atoms with van der Waals surface area (Å²) in [5, 5.41) is 12.3. The lowest BCUT2D eigenvalue weighted by Gasteiger charge is -2.25. The van der Waals surface area contributed by atoms with Gasteiger partial charge in [0.05, 0.1) is 23.9 Å². The minimum absolute atomic E-state index is 0.156. The van der Waals surface area contributed by atoms with Crippen LogP contribution in [-0.4, -0.2) is 34.3 Å². The molecular weight excluding hydrogens is 446 g/mol. The van der Waals surface area contributed by atoms with E-state index in [4.69, 9.17) is 9.15 Å². The largest absolute Gasteiger partial charge is 0.481 e. The average molecular weight is 469 g/mol. The second-order valence-corrected chi connectivity index (χ2v) is 8.17. The highest BCUT2D eigenvalue weighted by Gasteiger charge is 2.23. The SMILES string of the molecule is CCN(c1ccc(OC)nc1C(=O)O)c1cc(C)cc2c(=O)cc(-n3cc4ccccc4c3)oc12. The van der Waals surface area contributed by atoms with E-state index >= 15 is 0 Å². The standard InChI is InChI=1S/C27H23N3O5/c1-4-30(20-9-10-23(34-3)28-25(20)27(32)33)21-12-16(2)11-19-22(31)13-24(35-26(19)21)29-14-17-7-5-6-8-18(17)15-29/h5-15H,4H2,1-3H3,(H,32,33). The van der Waals surface area contributed by atoms with E-state index in [-0.39, 0.29) is 17.0 Å². The van der Waals surface area contributed by atoms with Crippen molar-refractivity contribution in [2.24, 2.45) is 0 Å². The lowest BCUT2D eigenvalue weighted by molar-refractivity contribution is 0.0690. The number of anilines is 2. The van der Waals surface area contributed by atoms with Gasteiger partial charge in [0.1, 0.15) is 0 Å². The Morgan fingerprint density at radius 3 is 2.43 bits per heavy atom. The Bertz CT molecular complexity index is 1620. The fourth-order valence-corrected chi connectivity index (χ4v) is 4.30. The molecule has 3 heterocycles. The van der Waals surface area contributed by atoms with E-state index in [0.29, 0.717) is 34.8 Å². The number of hydrogen-bond acceptors (Lipinski definition) is 6. The Morgan fingerprint density at radius 2 is 1.80 bits per heavy atom. The first-order valence-corrected chi connectivity index (χ1v) is 11.1. The Balaban J connectivity index is 1.75. The zero-order valence-corrected chi connectivity index (χ0v) is 19.5. The van der Waals surface area contributed by atoms with Crippen LogP contribution < -0.4 is 15.1 Å². The Hall–Kier alpha value is -4.59. The molecule has 0 aliphatic heterocycles. The van der Waals surface area contributed by atoms with Crippen LogP contribution >= 0.6 is 0 Å². The van der Waals surface area contributed by atoms with E-state index in [1.165, 1.54) is 13.2 Å². The molecule has 0 aliphatic carbocycles. The summed E-state index contributed by atoms with van der Waals surface area (Å²) in [5.74, 6) is -0.619. The van der Waals surface area contributed by atoms with E-state index in [1.807, 2.05) is 56.6 Å². The summed E-state index contributed by atoms with van der Waals surface area (Å²) in [7, 11) is 1.43. The first-order chi connectivity index (χ1) is 16.9. The quantitative estimate of drug-likeness (QED) is 0.360. The van der Waals surface area contributed by atoms with Crippen molar-refractivity contribution >= 4 is 39.1 Å². The van der Waals surface area contributed by atoms with Gasteiger partial charge in [-0.3, -0.25) is 9.36 Å². The number of hydrogen-bond donors (Lipinski definition) is 1. The minimum Gasteiger partial charge on any atom is -0.481 e.